The van der Waals surface area contributed by atoms with Crippen LogP contribution in [0.3, 0.4) is 0 Å². The summed E-state index contributed by atoms with van der Waals surface area (Å²) in [5.74, 6) is 1.04. The lowest BCUT2D eigenvalue weighted by atomic mass is 10.1. The van der Waals surface area contributed by atoms with E-state index in [0.717, 1.165) is 47.4 Å². The van der Waals surface area contributed by atoms with Gasteiger partial charge < -0.3 is 0 Å². The van der Waals surface area contributed by atoms with Crippen molar-refractivity contribution in [1.82, 2.24) is 19.7 Å². The Balaban J connectivity index is 1.60. The molecule has 0 saturated carbocycles. The van der Waals surface area contributed by atoms with E-state index in [4.69, 9.17) is 0 Å². The largest absolute Gasteiger partial charge is 0.296 e. The normalized spacial score (nSPS) is 15.5. The van der Waals surface area contributed by atoms with E-state index in [9.17, 15) is 4.79 Å². The summed E-state index contributed by atoms with van der Waals surface area (Å²) in [4.78, 5) is 15.3. The van der Waals surface area contributed by atoms with Crippen LogP contribution in [-0.2, 0) is 6.54 Å². The maximum absolute atomic E-state index is 12.9. The minimum atomic E-state index is -0.246. The maximum atomic E-state index is 12.9. The molecule has 0 radical (unpaired) electrons. The minimum absolute atomic E-state index is 0.110. The first-order valence-electron chi connectivity index (χ1n) is 10.1. The first-order valence-corrected chi connectivity index (χ1v) is 11.0. The van der Waals surface area contributed by atoms with Crippen LogP contribution in [0, 0.1) is 6.92 Å². The Morgan fingerprint density at radius 2 is 1.72 bits per heavy atom. The number of hydrogen-bond acceptors (Lipinski definition) is 5. The third kappa shape index (κ3) is 4.60. The van der Waals surface area contributed by atoms with Gasteiger partial charge in [-0.3, -0.25) is 14.3 Å². The van der Waals surface area contributed by atoms with E-state index in [1.807, 2.05) is 56.3 Å². The Hall–Kier alpha value is -2.44. The van der Waals surface area contributed by atoms with Crippen LogP contribution in [0.25, 0.3) is 5.69 Å². The van der Waals surface area contributed by atoms with Crippen LogP contribution in [0.1, 0.15) is 41.5 Å². The van der Waals surface area contributed by atoms with E-state index in [0.29, 0.717) is 0 Å². The molecule has 1 atom stereocenters. The monoisotopic (exact) mass is 406 g/mol. The van der Waals surface area contributed by atoms with Gasteiger partial charge in [0.15, 0.2) is 16.8 Å². The fraction of sp³-hybridized carbons (Fsp3) is 0.348. The highest BCUT2D eigenvalue weighted by atomic mass is 32.2. The van der Waals surface area contributed by atoms with Crippen molar-refractivity contribution >= 4 is 17.5 Å². The summed E-state index contributed by atoms with van der Waals surface area (Å²) < 4.78 is 2.10. The van der Waals surface area contributed by atoms with E-state index in [1.165, 1.54) is 24.6 Å². The van der Waals surface area contributed by atoms with Gasteiger partial charge in [0, 0.05) is 11.3 Å². The van der Waals surface area contributed by atoms with E-state index >= 15 is 0 Å². The first kappa shape index (κ1) is 19.9. The van der Waals surface area contributed by atoms with Crippen molar-refractivity contribution in [3.05, 3.63) is 71.5 Å². The van der Waals surface area contributed by atoms with E-state index in [2.05, 4.69) is 31.8 Å². The van der Waals surface area contributed by atoms with Gasteiger partial charge in [-0.2, -0.15) is 0 Å². The zero-order valence-electron chi connectivity index (χ0n) is 16.9. The number of carbonyl (C=O) groups is 1. The van der Waals surface area contributed by atoms with Crippen LogP contribution >= 0.6 is 11.8 Å². The Morgan fingerprint density at radius 3 is 2.41 bits per heavy atom. The molecule has 3 aromatic rings. The van der Waals surface area contributed by atoms with Gasteiger partial charge in [-0.15, -0.1) is 10.2 Å². The molecule has 4 rings (SSSR count). The zero-order valence-corrected chi connectivity index (χ0v) is 17.7. The number of nitrogens with zero attached hydrogens (tertiary/aromatic N) is 4. The number of aryl methyl sites for hydroxylation is 1. The second-order valence-corrected chi connectivity index (χ2v) is 8.85. The third-order valence-corrected chi connectivity index (χ3v) is 6.31. The lowest BCUT2D eigenvalue weighted by molar-refractivity contribution is 0.0994. The van der Waals surface area contributed by atoms with E-state index < -0.39 is 0 Å². The Bertz CT molecular complexity index is 962. The van der Waals surface area contributed by atoms with Gasteiger partial charge in [0.25, 0.3) is 0 Å². The average Bonchev–Trinajstić information content (AvgIpc) is 3.39. The molecule has 1 aromatic heterocycles. The highest BCUT2D eigenvalue weighted by molar-refractivity contribution is 8.00. The molecule has 6 heteroatoms. The summed E-state index contributed by atoms with van der Waals surface area (Å²) in [7, 11) is 0. The van der Waals surface area contributed by atoms with E-state index in [-0.39, 0.29) is 11.0 Å². The predicted octanol–water partition coefficient (Wildman–Crippen LogP) is 4.54. The second kappa shape index (κ2) is 8.93. The van der Waals surface area contributed by atoms with Crippen LogP contribution in [0.2, 0.25) is 0 Å². The molecule has 0 N–H and O–H groups in total. The van der Waals surface area contributed by atoms with Crippen molar-refractivity contribution in [3.8, 4) is 5.69 Å². The Labute approximate surface area is 176 Å². The fourth-order valence-electron chi connectivity index (χ4n) is 3.62. The van der Waals surface area contributed by atoms with Crippen LogP contribution in [-0.4, -0.2) is 43.8 Å². The summed E-state index contributed by atoms with van der Waals surface area (Å²) in [6.07, 6.45) is 2.48. The number of aromatic nitrogens is 3. The molecule has 1 unspecified atom stereocenters. The fourth-order valence-corrected chi connectivity index (χ4v) is 4.58. The molecule has 1 fully saturated rings. The lowest BCUT2D eigenvalue weighted by Crippen LogP contribution is -2.21. The van der Waals surface area contributed by atoms with Crippen LogP contribution in [0.15, 0.2) is 59.8 Å². The molecule has 29 heavy (non-hydrogen) atoms. The van der Waals surface area contributed by atoms with E-state index in [1.54, 1.807) is 0 Å². The van der Waals surface area contributed by atoms with Crippen LogP contribution in [0.4, 0.5) is 0 Å². The highest BCUT2D eigenvalue weighted by Gasteiger charge is 2.23. The predicted molar refractivity (Wildman–Crippen MR) is 117 cm³/mol. The molecule has 0 bridgehead atoms. The quantitative estimate of drug-likeness (QED) is 0.426. The molecule has 1 aliphatic rings. The first-order chi connectivity index (χ1) is 14.1. The SMILES string of the molecule is Cc1ccc(C(=O)C(C)Sc2nnc(CN3CCCC3)n2-c2ccccc2)cc1. The van der Waals surface area contributed by atoms with Gasteiger partial charge >= 0.3 is 0 Å². The topological polar surface area (TPSA) is 51.0 Å². The number of likely N-dealkylation sites (tertiary alicyclic amines) is 1. The van der Waals surface area contributed by atoms with Crippen molar-refractivity contribution in [2.24, 2.45) is 0 Å². The molecular formula is C23H26N4OS. The number of ketones is 1. The molecule has 0 spiro atoms. The maximum Gasteiger partial charge on any atom is 0.196 e. The van der Waals surface area contributed by atoms with Crippen LogP contribution < -0.4 is 0 Å². The molecule has 150 valence electrons. The molecule has 0 amide bonds. The number of rotatable bonds is 7. The Kier molecular flexibility index (Phi) is 6.11. The van der Waals surface area contributed by atoms with Gasteiger partial charge in [-0.1, -0.05) is 59.8 Å². The summed E-state index contributed by atoms with van der Waals surface area (Å²) >= 11 is 1.47. The lowest BCUT2D eigenvalue weighted by Gasteiger charge is -2.17. The van der Waals surface area contributed by atoms with Gasteiger partial charge in [-0.25, -0.2) is 0 Å². The van der Waals surface area contributed by atoms with Gasteiger partial charge in [0.05, 0.1) is 11.8 Å². The number of hydrogen-bond donors (Lipinski definition) is 0. The smallest absolute Gasteiger partial charge is 0.196 e. The molecule has 1 saturated heterocycles. The zero-order chi connectivity index (χ0) is 20.2. The van der Waals surface area contributed by atoms with Crippen molar-refractivity contribution < 1.29 is 4.79 Å². The number of carbonyl (C=O) groups excluding carboxylic acids is 1. The molecule has 2 aromatic carbocycles. The number of Topliss-reactive ketones (excluding diaryl/α,β-unsaturated/α-hetero) is 1. The molecule has 0 aliphatic carbocycles. The number of benzene rings is 2. The van der Waals surface area contributed by atoms with Crippen LogP contribution in [0.5, 0.6) is 0 Å². The molecular weight excluding hydrogens is 380 g/mol. The minimum Gasteiger partial charge on any atom is -0.296 e. The Morgan fingerprint density at radius 1 is 1.03 bits per heavy atom. The third-order valence-electron chi connectivity index (χ3n) is 5.27. The van der Waals surface area contributed by atoms with Gasteiger partial charge in [0.2, 0.25) is 0 Å². The van der Waals surface area contributed by atoms with Crippen molar-refractivity contribution in [2.75, 3.05) is 13.1 Å². The summed E-state index contributed by atoms with van der Waals surface area (Å²) in [6, 6.07) is 17.9. The van der Waals surface area contributed by atoms with Gasteiger partial charge in [-0.05, 0) is 51.9 Å². The number of para-hydroxylation sites is 1. The summed E-state index contributed by atoms with van der Waals surface area (Å²) in [5, 5.41) is 9.47. The molecule has 2 heterocycles. The molecule has 1 aliphatic heterocycles. The van der Waals surface area contributed by atoms with Crippen molar-refractivity contribution in [1.29, 1.82) is 0 Å². The van der Waals surface area contributed by atoms with Crippen molar-refractivity contribution in [3.63, 3.8) is 0 Å². The van der Waals surface area contributed by atoms with Crippen molar-refractivity contribution in [2.45, 2.75) is 43.6 Å². The molecule has 5 nitrogen and oxygen atoms in total. The van der Waals surface area contributed by atoms with Gasteiger partial charge in [0.1, 0.15) is 0 Å². The average molecular weight is 407 g/mol. The summed E-state index contributed by atoms with van der Waals surface area (Å²) in [6.45, 7) is 6.95. The second-order valence-electron chi connectivity index (χ2n) is 7.54. The number of thioether (sulfide) groups is 1. The standard InChI is InChI=1S/C23H26N4OS/c1-17-10-12-19(13-11-17)22(28)18(2)29-23-25-24-21(16-26-14-6-7-15-26)27(23)20-8-4-3-5-9-20/h3-5,8-13,18H,6-7,14-16H2,1-2H3. The summed E-state index contributed by atoms with van der Waals surface area (Å²) in [5.41, 5.74) is 2.92. The highest BCUT2D eigenvalue weighted by Crippen LogP contribution is 2.28.